The molecule has 0 bridgehead atoms. The molecule has 0 heterocycles. The van der Waals surface area contributed by atoms with Crippen LogP contribution in [0.4, 0.5) is 8.78 Å². The van der Waals surface area contributed by atoms with Crippen LogP contribution in [0.2, 0.25) is 0 Å². The van der Waals surface area contributed by atoms with Crippen molar-refractivity contribution in [3.05, 3.63) is 58.6 Å². The largest absolute Gasteiger partial charge is 0.508 e. The van der Waals surface area contributed by atoms with Crippen LogP contribution in [0.15, 0.2) is 46.9 Å². The fraction of sp³-hybridized carbons (Fsp3) is 0. The number of hydrogen-bond donors (Lipinski definition) is 2. The Labute approximate surface area is 105 Å². The Balaban J connectivity index is 0.000000181. The normalized spacial score (nSPS) is 9.35. The Morgan fingerprint density at radius 2 is 1.53 bits per heavy atom. The van der Waals surface area contributed by atoms with Gasteiger partial charge in [0.15, 0.2) is 17.4 Å². The number of aromatic hydroxyl groups is 2. The first-order valence-corrected chi connectivity index (χ1v) is 5.37. The van der Waals surface area contributed by atoms with Crippen LogP contribution in [-0.2, 0) is 0 Å². The lowest BCUT2D eigenvalue weighted by atomic mass is 10.3. The van der Waals surface area contributed by atoms with E-state index in [1.54, 1.807) is 24.3 Å². The minimum Gasteiger partial charge on any atom is -0.508 e. The summed E-state index contributed by atoms with van der Waals surface area (Å²) in [6, 6.07) is 10.7. The van der Waals surface area contributed by atoms with Crippen molar-refractivity contribution >= 4 is 15.9 Å². The number of halogens is 3. The standard InChI is InChI=1S/C6H3BrF2O.C6H6O/c7-3-1-4(8)6(9)5(10)2-3;7-6-4-2-1-3-5-6/h1-2,10H;1-5,7H. The maximum absolute atomic E-state index is 12.3. The molecular formula is C12H9BrF2O2. The molecule has 0 saturated heterocycles. The minimum absolute atomic E-state index is 0.309. The average Bonchev–Trinajstić information content (AvgIpc) is 2.27. The van der Waals surface area contributed by atoms with Crippen LogP contribution in [-0.4, -0.2) is 10.2 Å². The molecule has 0 aromatic heterocycles. The molecule has 0 aliphatic heterocycles. The van der Waals surface area contributed by atoms with Crippen molar-refractivity contribution in [3.63, 3.8) is 0 Å². The summed E-state index contributed by atoms with van der Waals surface area (Å²) in [6.07, 6.45) is 0. The first-order valence-electron chi connectivity index (χ1n) is 4.58. The molecule has 2 aromatic carbocycles. The van der Waals surface area contributed by atoms with E-state index in [9.17, 15) is 8.78 Å². The second-order valence-corrected chi connectivity index (χ2v) is 3.97. The Kier molecular flexibility index (Phi) is 4.90. The number of hydrogen-bond acceptors (Lipinski definition) is 2. The Hall–Kier alpha value is -1.62. The molecule has 0 amide bonds. The molecular weight excluding hydrogens is 294 g/mol. The van der Waals surface area contributed by atoms with Gasteiger partial charge < -0.3 is 10.2 Å². The zero-order valence-electron chi connectivity index (χ0n) is 8.57. The molecule has 0 aliphatic rings. The van der Waals surface area contributed by atoms with Crippen molar-refractivity contribution < 1.29 is 19.0 Å². The number of para-hydroxylation sites is 1. The van der Waals surface area contributed by atoms with Gasteiger partial charge in [-0.3, -0.25) is 0 Å². The van der Waals surface area contributed by atoms with Gasteiger partial charge in [0.2, 0.25) is 0 Å². The smallest absolute Gasteiger partial charge is 0.200 e. The zero-order chi connectivity index (χ0) is 12.8. The van der Waals surface area contributed by atoms with Crippen molar-refractivity contribution in [1.82, 2.24) is 0 Å². The van der Waals surface area contributed by atoms with E-state index >= 15 is 0 Å². The molecule has 2 aromatic rings. The van der Waals surface area contributed by atoms with Gasteiger partial charge in [-0.05, 0) is 24.3 Å². The molecule has 90 valence electrons. The predicted octanol–water partition coefficient (Wildman–Crippen LogP) is 3.83. The van der Waals surface area contributed by atoms with Crippen LogP contribution in [0.3, 0.4) is 0 Å². The minimum atomic E-state index is -1.22. The molecule has 0 aliphatic carbocycles. The molecule has 0 radical (unpaired) electrons. The van der Waals surface area contributed by atoms with Gasteiger partial charge >= 0.3 is 0 Å². The highest BCUT2D eigenvalue weighted by Gasteiger charge is 2.07. The molecule has 2 rings (SSSR count). The number of phenolic OH excluding ortho intramolecular Hbond substituents is 2. The summed E-state index contributed by atoms with van der Waals surface area (Å²) in [5.74, 6) is -2.65. The van der Waals surface area contributed by atoms with Gasteiger partial charge in [0.1, 0.15) is 5.75 Å². The number of rotatable bonds is 0. The van der Waals surface area contributed by atoms with Gasteiger partial charge in [0.25, 0.3) is 0 Å². The van der Waals surface area contributed by atoms with Gasteiger partial charge in [-0.1, -0.05) is 34.1 Å². The summed E-state index contributed by atoms with van der Waals surface area (Å²) in [5, 5.41) is 17.3. The van der Waals surface area contributed by atoms with Crippen LogP contribution >= 0.6 is 15.9 Å². The molecule has 0 saturated carbocycles. The predicted molar refractivity (Wildman–Crippen MR) is 63.8 cm³/mol. The molecule has 0 fully saturated rings. The second-order valence-electron chi connectivity index (χ2n) is 3.06. The van der Waals surface area contributed by atoms with Crippen molar-refractivity contribution in [2.75, 3.05) is 0 Å². The second kappa shape index (κ2) is 6.20. The summed E-state index contributed by atoms with van der Waals surface area (Å²) in [6.45, 7) is 0. The van der Waals surface area contributed by atoms with E-state index in [2.05, 4.69) is 15.9 Å². The maximum atomic E-state index is 12.3. The van der Waals surface area contributed by atoms with Crippen LogP contribution in [0, 0.1) is 11.6 Å². The maximum Gasteiger partial charge on any atom is 0.200 e. The van der Waals surface area contributed by atoms with Crippen molar-refractivity contribution in [2.45, 2.75) is 0 Å². The monoisotopic (exact) mass is 302 g/mol. The first kappa shape index (κ1) is 13.4. The van der Waals surface area contributed by atoms with E-state index in [0.717, 1.165) is 12.1 Å². The van der Waals surface area contributed by atoms with Gasteiger partial charge in [-0.25, -0.2) is 4.39 Å². The lowest BCUT2D eigenvalue weighted by molar-refractivity contribution is 0.406. The third kappa shape index (κ3) is 4.40. The molecule has 0 spiro atoms. The fourth-order valence-electron chi connectivity index (χ4n) is 0.970. The van der Waals surface area contributed by atoms with E-state index in [4.69, 9.17) is 10.2 Å². The Morgan fingerprint density at radius 1 is 0.941 bits per heavy atom. The molecule has 0 atom stereocenters. The Bertz CT molecular complexity index is 466. The lowest BCUT2D eigenvalue weighted by Gasteiger charge is -1.96. The summed E-state index contributed by atoms with van der Waals surface area (Å²) in [4.78, 5) is 0. The highest BCUT2D eigenvalue weighted by Crippen LogP contribution is 2.23. The van der Waals surface area contributed by atoms with Crippen LogP contribution in [0.25, 0.3) is 0 Å². The first-order chi connectivity index (χ1) is 8.00. The van der Waals surface area contributed by atoms with E-state index in [1.165, 1.54) is 0 Å². The topological polar surface area (TPSA) is 40.5 Å². The summed E-state index contributed by atoms with van der Waals surface area (Å²) in [5.41, 5.74) is 0. The van der Waals surface area contributed by atoms with Crippen molar-refractivity contribution in [2.24, 2.45) is 0 Å². The van der Waals surface area contributed by atoms with Gasteiger partial charge in [0.05, 0.1) is 0 Å². The number of benzene rings is 2. The number of phenols is 2. The molecule has 17 heavy (non-hydrogen) atoms. The van der Waals surface area contributed by atoms with E-state index < -0.39 is 17.4 Å². The third-order valence-corrected chi connectivity index (χ3v) is 2.19. The highest BCUT2D eigenvalue weighted by atomic mass is 79.9. The van der Waals surface area contributed by atoms with Gasteiger partial charge in [-0.2, -0.15) is 4.39 Å². The molecule has 0 unspecified atom stereocenters. The highest BCUT2D eigenvalue weighted by molar-refractivity contribution is 9.10. The fourth-order valence-corrected chi connectivity index (χ4v) is 1.39. The molecule has 5 heteroatoms. The quantitative estimate of drug-likeness (QED) is 0.726. The SMILES string of the molecule is Oc1cc(Br)cc(F)c1F.Oc1ccccc1. The summed E-state index contributed by atoms with van der Waals surface area (Å²) in [7, 11) is 0. The van der Waals surface area contributed by atoms with Gasteiger partial charge in [-0.15, -0.1) is 0 Å². The summed E-state index contributed by atoms with van der Waals surface area (Å²) < 4.78 is 24.8. The molecule has 2 nitrogen and oxygen atoms in total. The lowest BCUT2D eigenvalue weighted by Crippen LogP contribution is -1.83. The van der Waals surface area contributed by atoms with Gasteiger partial charge in [0, 0.05) is 4.47 Å². The van der Waals surface area contributed by atoms with E-state index in [1.807, 2.05) is 6.07 Å². The van der Waals surface area contributed by atoms with Crippen LogP contribution < -0.4 is 0 Å². The van der Waals surface area contributed by atoms with Crippen molar-refractivity contribution in [1.29, 1.82) is 0 Å². The van der Waals surface area contributed by atoms with E-state index in [0.29, 0.717) is 10.2 Å². The Morgan fingerprint density at radius 3 is 1.94 bits per heavy atom. The summed E-state index contributed by atoms with van der Waals surface area (Å²) >= 11 is 2.88. The molecule has 2 N–H and O–H groups in total. The van der Waals surface area contributed by atoms with Crippen LogP contribution in [0.5, 0.6) is 11.5 Å². The van der Waals surface area contributed by atoms with Crippen LogP contribution in [0.1, 0.15) is 0 Å². The van der Waals surface area contributed by atoms with E-state index in [-0.39, 0.29) is 0 Å². The zero-order valence-corrected chi connectivity index (χ0v) is 10.2. The third-order valence-electron chi connectivity index (χ3n) is 1.73. The van der Waals surface area contributed by atoms with Crippen molar-refractivity contribution in [3.8, 4) is 11.5 Å². The average molecular weight is 303 g/mol.